The summed E-state index contributed by atoms with van der Waals surface area (Å²) in [5.74, 6) is -7.04. The van der Waals surface area contributed by atoms with E-state index in [0.29, 0.717) is 17.9 Å². The number of aliphatic hydroxyl groups is 1. The lowest BCUT2D eigenvalue weighted by Crippen LogP contribution is -2.43. The van der Waals surface area contributed by atoms with E-state index in [0.717, 1.165) is 0 Å². The van der Waals surface area contributed by atoms with Crippen molar-refractivity contribution in [2.24, 2.45) is 0 Å². The molecule has 2 rings (SSSR count). The number of carbonyl (C=O) groups is 1. The highest BCUT2D eigenvalue weighted by atomic mass is 32.2. The van der Waals surface area contributed by atoms with Gasteiger partial charge in [0.25, 0.3) is 5.91 Å². The first-order chi connectivity index (χ1) is 9.34. The van der Waals surface area contributed by atoms with E-state index >= 15 is 0 Å². The fourth-order valence-corrected chi connectivity index (χ4v) is 3.14. The van der Waals surface area contributed by atoms with Crippen molar-refractivity contribution >= 4 is 17.7 Å². The summed E-state index contributed by atoms with van der Waals surface area (Å²) in [5.41, 5.74) is -2.49. The van der Waals surface area contributed by atoms with E-state index < -0.39 is 40.3 Å². The van der Waals surface area contributed by atoms with Crippen molar-refractivity contribution in [3.8, 4) is 0 Å². The molecule has 3 nitrogen and oxygen atoms in total. The molecule has 1 saturated heterocycles. The van der Waals surface area contributed by atoms with Gasteiger partial charge in [0.05, 0.1) is 5.60 Å². The minimum atomic E-state index is -1.76. The van der Waals surface area contributed by atoms with Gasteiger partial charge in [-0.15, -0.1) is 0 Å². The van der Waals surface area contributed by atoms with Gasteiger partial charge in [0, 0.05) is 18.4 Å². The second-order valence-electron chi connectivity index (χ2n) is 4.55. The zero-order valence-electron chi connectivity index (χ0n) is 10.2. The van der Waals surface area contributed by atoms with E-state index in [1.807, 2.05) is 0 Å². The first-order valence-corrected chi connectivity index (χ1v) is 6.91. The van der Waals surface area contributed by atoms with Crippen molar-refractivity contribution in [3.63, 3.8) is 0 Å². The molecule has 0 spiro atoms. The second-order valence-corrected chi connectivity index (χ2v) is 5.66. The normalized spacial score (nSPS) is 22.1. The predicted molar refractivity (Wildman–Crippen MR) is 65.5 cm³/mol. The molecule has 1 aromatic carbocycles. The number of amides is 1. The van der Waals surface area contributed by atoms with Gasteiger partial charge in [-0.1, -0.05) is 0 Å². The molecule has 1 heterocycles. The summed E-state index contributed by atoms with van der Waals surface area (Å²) in [4.78, 5) is 11.6. The molecule has 2 N–H and O–H groups in total. The highest BCUT2D eigenvalue weighted by Crippen LogP contribution is 2.27. The number of thioether (sulfide) groups is 1. The zero-order valence-corrected chi connectivity index (χ0v) is 11.0. The van der Waals surface area contributed by atoms with Crippen molar-refractivity contribution in [1.29, 1.82) is 0 Å². The highest BCUT2D eigenvalue weighted by Gasteiger charge is 2.33. The topological polar surface area (TPSA) is 49.3 Å². The Kier molecular flexibility index (Phi) is 4.24. The van der Waals surface area contributed by atoms with Crippen LogP contribution in [-0.4, -0.2) is 34.7 Å². The third kappa shape index (κ3) is 2.90. The summed E-state index contributed by atoms with van der Waals surface area (Å²) in [5, 5.41) is 12.1. The highest BCUT2D eigenvalue weighted by molar-refractivity contribution is 7.99. The molecule has 0 saturated carbocycles. The van der Waals surface area contributed by atoms with Crippen LogP contribution in [0.1, 0.15) is 16.8 Å². The molecule has 1 aliphatic heterocycles. The van der Waals surface area contributed by atoms with Crippen LogP contribution in [0.15, 0.2) is 6.07 Å². The molecule has 0 bridgehead atoms. The number of benzene rings is 1. The smallest absolute Gasteiger partial charge is 0.257 e. The van der Waals surface area contributed by atoms with Crippen LogP contribution in [0.4, 0.5) is 17.6 Å². The molecule has 1 unspecified atom stereocenters. The van der Waals surface area contributed by atoms with Gasteiger partial charge in [-0.25, -0.2) is 17.6 Å². The summed E-state index contributed by atoms with van der Waals surface area (Å²) in [6.45, 7) is -0.240. The quantitative estimate of drug-likeness (QED) is 0.662. The monoisotopic (exact) mass is 309 g/mol. The minimum absolute atomic E-state index is 0.0303. The third-order valence-electron chi connectivity index (χ3n) is 3.00. The maximum absolute atomic E-state index is 13.4. The summed E-state index contributed by atoms with van der Waals surface area (Å²) in [6, 6.07) is 0.0303. The van der Waals surface area contributed by atoms with Gasteiger partial charge in [0.2, 0.25) is 0 Å². The van der Waals surface area contributed by atoms with Gasteiger partial charge >= 0.3 is 0 Å². The second kappa shape index (κ2) is 5.61. The van der Waals surface area contributed by atoms with Crippen LogP contribution < -0.4 is 5.32 Å². The molecule has 1 atom stereocenters. The maximum Gasteiger partial charge on any atom is 0.257 e. The summed E-state index contributed by atoms with van der Waals surface area (Å²) >= 11 is 1.47. The van der Waals surface area contributed by atoms with E-state index in [1.165, 1.54) is 11.8 Å². The molecule has 1 aliphatic rings. The molecule has 1 fully saturated rings. The van der Waals surface area contributed by atoms with Gasteiger partial charge in [0.15, 0.2) is 23.3 Å². The largest absolute Gasteiger partial charge is 0.387 e. The number of hydrogen-bond acceptors (Lipinski definition) is 3. The van der Waals surface area contributed by atoms with Crippen LogP contribution in [0.5, 0.6) is 0 Å². The molecule has 0 aromatic heterocycles. The van der Waals surface area contributed by atoms with Gasteiger partial charge in [0.1, 0.15) is 5.56 Å². The van der Waals surface area contributed by atoms with Crippen LogP contribution in [-0.2, 0) is 0 Å². The SMILES string of the molecule is O=C(NCC1(O)CCSC1)c1c(F)c(F)cc(F)c1F. The number of halogens is 4. The van der Waals surface area contributed by atoms with E-state index in [1.54, 1.807) is 0 Å². The molecular weight excluding hydrogens is 298 g/mol. The van der Waals surface area contributed by atoms with Crippen LogP contribution in [0.25, 0.3) is 0 Å². The fraction of sp³-hybridized carbons (Fsp3) is 0.417. The molecule has 8 heteroatoms. The standard InChI is InChI=1S/C12H11F4NO2S/c13-6-3-7(14)10(16)8(9(6)15)11(18)17-4-12(19)1-2-20-5-12/h3,19H,1-2,4-5H2,(H,17,18). The Hall–Kier alpha value is -1.28. The van der Waals surface area contributed by atoms with Crippen molar-refractivity contribution in [2.45, 2.75) is 12.0 Å². The summed E-state index contributed by atoms with van der Waals surface area (Å²) in [7, 11) is 0. The summed E-state index contributed by atoms with van der Waals surface area (Å²) < 4.78 is 52.7. The Balaban J connectivity index is 2.17. The number of nitrogens with one attached hydrogen (secondary N) is 1. The Morgan fingerprint density at radius 2 is 1.90 bits per heavy atom. The molecule has 110 valence electrons. The minimum Gasteiger partial charge on any atom is -0.387 e. The van der Waals surface area contributed by atoms with Gasteiger partial charge in [-0.2, -0.15) is 11.8 Å². The van der Waals surface area contributed by atoms with Crippen LogP contribution >= 0.6 is 11.8 Å². The molecule has 20 heavy (non-hydrogen) atoms. The number of hydrogen-bond donors (Lipinski definition) is 2. The lowest BCUT2D eigenvalue weighted by atomic mass is 10.0. The van der Waals surface area contributed by atoms with Crippen molar-refractivity contribution in [2.75, 3.05) is 18.1 Å². The number of carbonyl (C=O) groups excluding carboxylic acids is 1. The summed E-state index contributed by atoms with van der Waals surface area (Å²) in [6.07, 6.45) is 0.417. The van der Waals surface area contributed by atoms with Crippen molar-refractivity contribution < 1.29 is 27.5 Å². The van der Waals surface area contributed by atoms with E-state index in [9.17, 15) is 27.5 Å². The average molecular weight is 309 g/mol. The van der Waals surface area contributed by atoms with Crippen LogP contribution in [0.2, 0.25) is 0 Å². The Labute approximate surface area is 116 Å². The van der Waals surface area contributed by atoms with Gasteiger partial charge in [-0.3, -0.25) is 4.79 Å². The van der Waals surface area contributed by atoms with Crippen molar-refractivity contribution in [1.82, 2.24) is 5.32 Å². The van der Waals surface area contributed by atoms with Gasteiger partial charge < -0.3 is 10.4 Å². The first kappa shape index (κ1) is 15.1. The zero-order chi connectivity index (χ0) is 14.9. The first-order valence-electron chi connectivity index (χ1n) is 5.75. The Morgan fingerprint density at radius 1 is 1.30 bits per heavy atom. The lowest BCUT2D eigenvalue weighted by molar-refractivity contribution is 0.0608. The Bertz CT molecular complexity index is 520. The van der Waals surface area contributed by atoms with Gasteiger partial charge in [-0.05, 0) is 12.2 Å². The van der Waals surface area contributed by atoms with Crippen molar-refractivity contribution in [3.05, 3.63) is 34.9 Å². The predicted octanol–water partition coefficient (Wildman–Crippen LogP) is 1.84. The van der Waals surface area contributed by atoms with Crippen LogP contribution in [0, 0.1) is 23.3 Å². The Morgan fingerprint density at radius 3 is 2.40 bits per heavy atom. The van der Waals surface area contributed by atoms with E-state index in [4.69, 9.17) is 0 Å². The fourth-order valence-electron chi connectivity index (χ4n) is 1.84. The molecule has 1 amide bonds. The average Bonchev–Trinajstić information content (AvgIpc) is 2.82. The molecular formula is C12H11F4NO2S. The maximum atomic E-state index is 13.4. The molecule has 0 radical (unpaired) electrons. The van der Waals surface area contributed by atoms with E-state index in [2.05, 4.69) is 5.32 Å². The van der Waals surface area contributed by atoms with Crippen LogP contribution in [0.3, 0.4) is 0 Å². The molecule has 1 aromatic rings. The number of rotatable bonds is 3. The van der Waals surface area contributed by atoms with E-state index in [-0.39, 0.29) is 12.6 Å². The molecule has 0 aliphatic carbocycles. The third-order valence-corrected chi connectivity index (χ3v) is 4.23. The lowest BCUT2D eigenvalue weighted by Gasteiger charge is -2.21.